The highest BCUT2D eigenvalue weighted by Gasteiger charge is 2.29. The van der Waals surface area contributed by atoms with Crippen molar-refractivity contribution in [3.8, 4) is 17.0 Å². The first-order chi connectivity index (χ1) is 16.4. The lowest BCUT2D eigenvalue weighted by Gasteiger charge is -2.34. The van der Waals surface area contributed by atoms with Crippen LogP contribution in [0.2, 0.25) is 0 Å². The molecule has 0 radical (unpaired) electrons. The van der Waals surface area contributed by atoms with E-state index in [1.165, 1.54) is 12.3 Å². The van der Waals surface area contributed by atoms with Crippen LogP contribution >= 0.6 is 0 Å². The highest BCUT2D eigenvalue weighted by molar-refractivity contribution is 6.11. The van der Waals surface area contributed by atoms with E-state index < -0.39 is 5.97 Å². The van der Waals surface area contributed by atoms with E-state index in [1.807, 2.05) is 16.7 Å². The van der Waals surface area contributed by atoms with E-state index >= 15 is 0 Å². The molecule has 0 aliphatic carbocycles. The number of esters is 1. The van der Waals surface area contributed by atoms with Crippen LogP contribution in [0.15, 0.2) is 40.4 Å². The second-order valence-electron chi connectivity index (χ2n) is 8.52. The van der Waals surface area contributed by atoms with Gasteiger partial charge in [-0.1, -0.05) is 13.8 Å². The number of aliphatic hydroxyl groups excluding tert-OH is 1. The number of carbonyl (C=O) groups is 1. The van der Waals surface area contributed by atoms with Crippen molar-refractivity contribution in [3.63, 3.8) is 0 Å². The summed E-state index contributed by atoms with van der Waals surface area (Å²) in [6.45, 7) is 6.73. The summed E-state index contributed by atoms with van der Waals surface area (Å²) in [6, 6.07) is 5.49. The molecular weight excluding hydrogens is 434 g/mol. The summed E-state index contributed by atoms with van der Waals surface area (Å²) in [5, 5.41) is 8.98. The molecule has 2 aromatic rings. The van der Waals surface area contributed by atoms with Crippen LogP contribution in [0.5, 0.6) is 5.75 Å². The fourth-order valence-corrected chi connectivity index (χ4v) is 4.24. The third kappa shape index (κ3) is 5.07. The molecule has 0 bridgehead atoms. The lowest BCUT2D eigenvalue weighted by atomic mass is 9.85. The minimum atomic E-state index is -0.609. The number of aromatic nitrogens is 1. The zero-order valence-corrected chi connectivity index (χ0v) is 20.2. The largest absolute Gasteiger partial charge is 0.496 e. The normalized spacial score (nSPS) is 15.4. The topological polar surface area (TPSA) is 116 Å². The number of methoxy groups -OCH3 is 1. The van der Waals surface area contributed by atoms with Crippen molar-refractivity contribution in [3.05, 3.63) is 57.5 Å². The smallest absolute Gasteiger partial charge is 0.343 e. The van der Waals surface area contributed by atoms with Crippen molar-refractivity contribution < 1.29 is 19.4 Å². The Morgan fingerprint density at radius 2 is 2.09 bits per heavy atom. The molecular formula is C26H33N3O5. The van der Waals surface area contributed by atoms with Crippen LogP contribution in [0.1, 0.15) is 54.7 Å². The van der Waals surface area contributed by atoms with Crippen molar-refractivity contribution in [2.24, 2.45) is 16.6 Å². The number of aliphatic hydroxyl groups is 1. The molecule has 1 atom stereocenters. The van der Waals surface area contributed by atoms with E-state index in [4.69, 9.17) is 20.3 Å². The van der Waals surface area contributed by atoms with E-state index in [1.54, 1.807) is 26.4 Å². The number of nitrogens with zero attached hydrogens (tertiary/aromatic N) is 2. The van der Waals surface area contributed by atoms with Crippen LogP contribution in [0.25, 0.3) is 16.8 Å². The van der Waals surface area contributed by atoms with Crippen LogP contribution in [-0.4, -0.2) is 48.7 Å². The average Bonchev–Trinajstić information content (AvgIpc) is 2.82. The first-order valence-corrected chi connectivity index (χ1v) is 11.5. The summed E-state index contributed by atoms with van der Waals surface area (Å²) in [5.74, 6) is 0.238. The number of nitrogens with two attached hydrogens (primary N) is 1. The van der Waals surface area contributed by atoms with Crippen molar-refractivity contribution in [2.45, 2.75) is 39.7 Å². The van der Waals surface area contributed by atoms with E-state index in [2.05, 4.69) is 18.8 Å². The number of ether oxygens (including phenoxy) is 2. The van der Waals surface area contributed by atoms with Gasteiger partial charge in [0.25, 0.3) is 0 Å². The summed E-state index contributed by atoms with van der Waals surface area (Å²) in [7, 11) is 1.58. The van der Waals surface area contributed by atoms with Crippen molar-refractivity contribution in [1.29, 1.82) is 0 Å². The number of hydrogen-bond acceptors (Lipinski definition) is 7. The molecule has 0 spiro atoms. The fourth-order valence-electron chi connectivity index (χ4n) is 4.24. The first-order valence-electron chi connectivity index (χ1n) is 11.5. The van der Waals surface area contributed by atoms with Crippen LogP contribution < -0.4 is 15.9 Å². The molecule has 1 aliphatic heterocycles. The number of pyridine rings is 1. The summed E-state index contributed by atoms with van der Waals surface area (Å²) in [4.78, 5) is 29.5. The van der Waals surface area contributed by atoms with Crippen molar-refractivity contribution in [1.82, 2.24) is 4.57 Å². The van der Waals surface area contributed by atoms with Crippen LogP contribution in [0.4, 0.5) is 0 Å². The second kappa shape index (κ2) is 11.2. The minimum Gasteiger partial charge on any atom is -0.496 e. The zero-order valence-electron chi connectivity index (χ0n) is 20.2. The number of rotatable bonds is 9. The number of allylic oxidation sites excluding steroid dienone is 1. The van der Waals surface area contributed by atoms with E-state index in [0.717, 1.165) is 22.4 Å². The summed E-state index contributed by atoms with van der Waals surface area (Å²) in [6.07, 6.45) is 6.08. The summed E-state index contributed by atoms with van der Waals surface area (Å²) < 4.78 is 12.8. The molecule has 0 saturated heterocycles. The van der Waals surface area contributed by atoms with Gasteiger partial charge in [-0.25, -0.2) is 4.79 Å². The summed E-state index contributed by atoms with van der Waals surface area (Å²) >= 11 is 0. The van der Waals surface area contributed by atoms with Gasteiger partial charge in [0.1, 0.15) is 11.3 Å². The quantitative estimate of drug-likeness (QED) is 0.332. The Balaban J connectivity index is 2.16. The number of benzene rings is 1. The molecule has 0 amide bonds. The molecule has 2 heterocycles. The van der Waals surface area contributed by atoms with Crippen LogP contribution in [0.3, 0.4) is 0 Å². The zero-order chi connectivity index (χ0) is 24.8. The van der Waals surface area contributed by atoms with Crippen LogP contribution in [-0.2, 0) is 11.2 Å². The summed E-state index contributed by atoms with van der Waals surface area (Å²) in [5.41, 5.74) is 9.75. The average molecular weight is 468 g/mol. The molecule has 34 heavy (non-hydrogen) atoms. The molecule has 3 rings (SSSR count). The lowest BCUT2D eigenvalue weighted by molar-refractivity contribution is 0.0523. The van der Waals surface area contributed by atoms with E-state index in [-0.39, 0.29) is 36.2 Å². The Hall–Kier alpha value is -3.39. The van der Waals surface area contributed by atoms with E-state index in [0.29, 0.717) is 30.7 Å². The fraction of sp³-hybridized carbons (Fsp3) is 0.423. The Morgan fingerprint density at radius 1 is 1.32 bits per heavy atom. The molecule has 1 aromatic carbocycles. The highest BCUT2D eigenvalue weighted by Crippen LogP contribution is 2.41. The second-order valence-corrected chi connectivity index (χ2v) is 8.52. The molecule has 1 unspecified atom stereocenters. The third-order valence-corrected chi connectivity index (χ3v) is 6.00. The van der Waals surface area contributed by atoms with Gasteiger partial charge in [-0.2, -0.15) is 0 Å². The molecule has 182 valence electrons. The van der Waals surface area contributed by atoms with Gasteiger partial charge in [0.05, 0.1) is 19.4 Å². The van der Waals surface area contributed by atoms with Crippen molar-refractivity contribution >= 4 is 17.8 Å². The number of aliphatic imine (C=N–C) groups is 1. The van der Waals surface area contributed by atoms with Gasteiger partial charge < -0.3 is 24.9 Å². The van der Waals surface area contributed by atoms with Gasteiger partial charge in [0.15, 0.2) is 5.43 Å². The molecule has 8 nitrogen and oxygen atoms in total. The Kier molecular flexibility index (Phi) is 8.28. The Labute approximate surface area is 199 Å². The van der Waals surface area contributed by atoms with Crippen LogP contribution in [0, 0.1) is 5.92 Å². The Bertz CT molecular complexity index is 1160. The van der Waals surface area contributed by atoms with Gasteiger partial charge >= 0.3 is 5.97 Å². The maximum atomic E-state index is 12.8. The monoisotopic (exact) mass is 467 g/mol. The lowest BCUT2D eigenvalue weighted by Crippen LogP contribution is -2.28. The van der Waals surface area contributed by atoms with Gasteiger partial charge in [-0.05, 0) is 43.4 Å². The maximum Gasteiger partial charge on any atom is 0.343 e. The third-order valence-electron chi connectivity index (χ3n) is 6.00. The number of fused-ring (bicyclic) bond motifs is 3. The molecule has 1 aromatic heterocycles. The highest BCUT2D eigenvalue weighted by atomic mass is 16.5. The molecule has 0 fully saturated rings. The molecule has 1 aliphatic rings. The predicted molar refractivity (Wildman–Crippen MR) is 133 cm³/mol. The van der Waals surface area contributed by atoms with E-state index in [9.17, 15) is 9.59 Å². The molecule has 3 N–H and O–H groups in total. The number of hydrogen-bond donors (Lipinski definition) is 2. The standard InChI is InChI=1S/C26H33N3O5/c1-5-34-26(32)21-15-29-22(16(2)3)10-17-9-20(18(13-27)14-28-7-6-8-30)25(33-4)11-19(17)23(29)12-24(21)31/h9,11-16,22,30H,5-8,10,27H2,1-4H3. The SMILES string of the molecule is CCOC(=O)c1cn2c(cc1=O)-c1cc(OC)c(C(C=NCCCO)=CN)cc1CC2C(C)C. The Morgan fingerprint density at radius 3 is 2.71 bits per heavy atom. The predicted octanol–water partition coefficient (Wildman–Crippen LogP) is 3.21. The van der Waals surface area contributed by atoms with Gasteiger partial charge in [0.2, 0.25) is 0 Å². The first kappa shape index (κ1) is 25.2. The minimum absolute atomic E-state index is 0.0377. The number of carbonyl (C=O) groups excluding carboxylic acids is 1. The molecule has 0 saturated carbocycles. The maximum absolute atomic E-state index is 12.8. The van der Waals surface area contributed by atoms with Gasteiger partial charge in [-0.15, -0.1) is 0 Å². The molecule has 8 heteroatoms. The van der Waals surface area contributed by atoms with Gasteiger partial charge in [0, 0.05) is 60.6 Å². The van der Waals surface area contributed by atoms with Crippen molar-refractivity contribution in [2.75, 3.05) is 26.9 Å². The van der Waals surface area contributed by atoms with Gasteiger partial charge in [-0.3, -0.25) is 9.79 Å².